The second-order valence-electron chi connectivity index (χ2n) is 6.59. The molecule has 0 heterocycles. The fraction of sp³-hybridized carbons (Fsp3) is 0.333. The first-order valence-corrected chi connectivity index (χ1v) is 8.66. The zero-order chi connectivity index (χ0) is 18.3. The van der Waals surface area contributed by atoms with Gasteiger partial charge in [0.1, 0.15) is 5.41 Å². The van der Waals surface area contributed by atoms with Crippen molar-refractivity contribution in [3.05, 3.63) is 66.2 Å². The van der Waals surface area contributed by atoms with E-state index in [1.54, 1.807) is 18.7 Å². The largest absolute Gasteiger partial charge is 0.355 e. The fourth-order valence-corrected chi connectivity index (χ4v) is 2.55. The number of carbonyl (C=O) groups excluding carboxylic acids is 2. The van der Waals surface area contributed by atoms with Crippen LogP contribution in [0.2, 0.25) is 0 Å². The summed E-state index contributed by atoms with van der Waals surface area (Å²) >= 11 is 0. The van der Waals surface area contributed by atoms with E-state index in [0.29, 0.717) is 13.1 Å². The van der Waals surface area contributed by atoms with Gasteiger partial charge in [0.05, 0.1) is 6.54 Å². The molecule has 0 atom stereocenters. The number of hydrogen-bond acceptors (Lipinski definition) is 2. The van der Waals surface area contributed by atoms with Crippen molar-refractivity contribution in [2.45, 2.75) is 33.7 Å². The Labute approximate surface area is 149 Å². The van der Waals surface area contributed by atoms with Crippen molar-refractivity contribution in [1.82, 2.24) is 5.32 Å². The molecule has 0 aliphatic rings. The Bertz CT molecular complexity index is 696. The van der Waals surface area contributed by atoms with E-state index >= 15 is 0 Å². The molecule has 0 aliphatic carbocycles. The molecule has 4 heteroatoms. The topological polar surface area (TPSA) is 49.4 Å². The number of para-hydroxylation sites is 1. The van der Waals surface area contributed by atoms with E-state index in [1.807, 2.05) is 67.6 Å². The number of amides is 2. The summed E-state index contributed by atoms with van der Waals surface area (Å²) < 4.78 is 0. The summed E-state index contributed by atoms with van der Waals surface area (Å²) in [5.41, 5.74) is 0.664. The summed E-state index contributed by atoms with van der Waals surface area (Å²) in [5.74, 6) is -0.454. The minimum absolute atomic E-state index is 0.212. The van der Waals surface area contributed by atoms with Crippen molar-refractivity contribution in [3.63, 3.8) is 0 Å². The molecule has 0 spiro atoms. The van der Waals surface area contributed by atoms with Crippen LogP contribution in [0.4, 0.5) is 5.69 Å². The van der Waals surface area contributed by atoms with Crippen molar-refractivity contribution >= 4 is 17.5 Å². The first-order valence-electron chi connectivity index (χ1n) is 8.66. The third-order valence-corrected chi connectivity index (χ3v) is 4.13. The van der Waals surface area contributed by atoms with Gasteiger partial charge in [-0.2, -0.15) is 0 Å². The molecule has 0 bridgehead atoms. The minimum atomic E-state index is -1.14. The summed E-state index contributed by atoms with van der Waals surface area (Å²) in [6, 6.07) is 19.3. The molecular weight excluding hydrogens is 312 g/mol. The first-order chi connectivity index (χ1) is 12.0. The molecule has 0 saturated heterocycles. The maximum atomic E-state index is 13.2. The predicted molar refractivity (Wildman–Crippen MR) is 101 cm³/mol. The summed E-state index contributed by atoms with van der Waals surface area (Å²) in [6.45, 7) is 6.34. The van der Waals surface area contributed by atoms with Gasteiger partial charge in [-0.25, -0.2) is 0 Å². The van der Waals surface area contributed by atoms with E-state index in [9.17, 15) is 9.59 Å². The van der Waals surface area contributed by atoms with Crippen LogP contribution in [0.1, 0.15) is 32.8 Å². The average molecular weight is 338 g/mol. The van der Waals surface area contributed by atoms with Crippen LogP contribution >= 0.6 is 0 Å². The number of benzene rings is 2. The van der Waals surface area contributed by atoms with Crippen molar-refractivity contribution in [2.75, 3.05) is 11.4 Å². The first kappa shape index (κ1) is 18.7. The Morgan fingerprint density at radius 2 is 1.52 bits per heavy atom. The summed E-state index contributed by atoms with van der Waals surface area (Å²) in [5, 5.41) is 2.84. The molecule has 0 saturated carbocycles. The van der Waals surface area contributed by atoms with Gasteiger partial charge in [0.2, 0.25) is 11.8 Å². The summed E-state index contributed by atoms with van der Waals surface area (Å²) in [6.07, 6.45) is 0.836. The van der Waals surface area contributed by atoms with E-state index in [-0.39, 0.29) is 11.8 Å². The highest BCUT2D eigenvalue weighted by molar-refractivity contribution is 6.10. The lowest BCUT2D eigenvalue weighted by molar-refractivity contribution is -0.139. The zero-order valence-corrected chi connectivity index (χ0v) is 15.2. The van der Waals surface area contributed by atoms with Crippen molar-refractivity contribution in [1.29, 1.82) is 0 Å². The van der Waals surface area contributed by atoms with Gasteiger partial charge in [-0.1, -0.05) is 55.5 Å². The highest BCUT2D eigenvalue weighted by atomic mass is 16.2. The molecule has 0 unspecified atom stereocenters. The van der Waals surface area contributed by atoms with Crippen molar-refractivity contribution in [3.8, 4) is 0 Å². The maximum Gasteiger partial charge on any atom is 0.242 e. The number of anilines is 1. The molecule has 132 valence electrons. The van der Waals surface area contributed by atoms with E-state index < -0.39 is 5.41 Å². The summed E-state index contributed by atoms with van der Waals surface area (Å²) in [7, 11) is 0. The molecule has 0 fully saturated rings. The highest BCUT2D eigenvalue weighted by Crippen LogP contribution is 2.26. The Hall–Kier alpha value is -2.62. The predicted octanol–water partition coefficient (Wildman–Crippen LogP) is 3.77. The Morgan fingerprint density at radius 1 is 0.960 bits per heavy atom. The molecule has 0 aromatic heterocycles. The van der Waals surface area contributed by atoms with Gasteiger partial charge in [-0.15, -0.1) is 0 Å². The van der Waals surface area contributed by atoms with Crippen LogP contribution < -0.4 is 10.2 Å². The number of nitrogens with zero attached hydrogens (tertiary/aromatic N) is 1. The SMILES string of the molecule is CCCNC(=O)C(C)(C)C(=O)N(Cc1ccccc1)c1ccccc1. The Kier molecular flexibility index (Phi) is 6.34. The third-order valence-electron chi connectivity index (χ3n) is 4.13. The fourth-order valence-electron chi connectivity index (χ4n) is 2.55. The number of carbonyl (C=O) groups is 2. The van der Waals surface area contributed by atoms with Gasteiger partial charge < -0.3 is 10.2 Å². The molecule has 0 aliphatic heterocycles. The van der Waals surface area contributed by atoms with Gasteiger partial charge >= 0.3 is 0 Å². The standard InChI is InChI=1S/C21H26N2O2/c1-4-15-22-19(24)21(2,3)20(25)23(18-13-9-6-10-14-18)16-17-11-7-5-8-12-17/h5-14H,4,15-16H2,1-3H3,(H,22,24). The highest BCUT2D eigenvalue weighted by Gasteiger charge is 2.39. The zero-order valence-electron chi connectivity index (χ0n) is 15.2. The van der Waals surface area contributed by atoms with Crippen molar-refractivity contribution in [2.24, 2.45) is 5.41 Å². The number of nitrogens with one attached hydrogen (secondary N) is 1. The molecule has 2 aromatic carbocycles. The Morgan fingerprint density at radius 3 is 2.08 bits per heavy atom. The molecule has 2 aromatic rings. The van der Waals surface area contributed by atoms with E-state index in [4.69, 9.17) is 0 Å². The van der Waals surface area contributed by atoms with Crippen molar-refractivity contribution < 1.29 is 9.59 Å². The van der Waals surface area contributed by atoms with Gasteiger partial charge in [-0.05, 0) is 38.0 Å². The average Bonchev–Trinajstić information content (AvgIpc) is 2.65. The number of rotatable bonds is 7. The molecule has 0 radical (unpaired) electrons. The van der Waals surface area contributed by atoms with Gasteiger partial charge in [0.25, 0.3) is 0 Å². The second kappa shape index (κ2) is 8.47. The van der Waals surface area contributed by atoms with E-state index in [0.717, 1.165) is 17.7 Å². The van der Waals surface area contributed by atoms with Crippen LogP contribution in [0.3, 0.4) is 0 Å². The summed E-state index contributed by atoms with van der Waals surface area (Å²) in [4.78, 5) is 27.4. The number of hydrogen-bond donors (Lipinski definition) is 1. The normalized spacial score (nSPS) is 11.0. The Balaban J connectivity index is 2.31. The lowest BCUT2D eigenvalue weighted by Gasteiger charge is -2.31. The van der Waals surface area contributed by atoms with E-state index in [1.165, 1.54) is 0 Å². The lowest BCUT2D eigenvalue weighted by atomic mass is 9.89. The van der Waals surface area contributed by atoms with Crippen LogP contribution in [0, 0.1) is 5.41 Å². The van der Waals surface area contributed by atoms with Crippen LogP contribution in [0.15, 0.2) is 60.7 Å². The van der Waals surface area contributed by atoms with E-state index in [2.05, 4.69) is 5.32 Å². The van der Waals surface area contributed by atoms with Gasteiger partial charge in [0.15, 0.2) is 0 Å². The maximum absolute atomic E-state index is 13.2. The molecule has 1 N–H and O–H groups in total. The smallest absolute Gasteiger partial charge is 0.242 e. The van der Waals surface area contributed by atoms with Gasteiger partial charge in [-0.3, -0.25) is 9.59 Å². The molecule has 4 nitrogen and oxygen atoms in total. The van der Waals surface area contributed by atoms with Crippen LogP contribution in [0.5, 0.6) is 0 Å². The monoisotopic (exact) mass is 338 g/mol. The minimum Gasteiger partial charge on any atom is -0.355 e. The van der Waals surface area contributed by atoms with Crippen LogP contribution in [-0.4, -0.2) is 18.4 Å². The lowest BCUT2D eigenvalue weighted by Crippen LogP contribution is -2.49. The van der Waals surface area contributed by atoms with Gasteiger partial charge in [0, 0.05) is 12.2 Å². The quantitative estimate of drug-likeness (QED) is 0.781. The van der Waals surface area contributed by atoms with Crippen LogP contribution in [-0.2, 0) is 16.1 Å². The molecule has 25 heavy (non-hydrogen) atoms. The second-order valence-corrected chi connectivity index (χ2v) is 6.59. The third kappa shape index (κ3) is 4.69. The molecular formula is C21H26N2O2. The molecule has 2 amide bonds. The van der Waals surface area contributed by atoms with Crippen LogP contribution in [0.25, 0.3) is 0 Å². The molecule has 2 rings (SSSR count).